The summed E-state index contributed by atoms with van der Waals surface area (Å²) in [6.45, 7) is 5.83. The second kappa shape index (κ2) is 7.09. The fourth-order valence-corrected chi connectivity index (χ4v) is 3.55. The fourth-order valence-electron chi connectivity index (χ4n) is 2.67. The smallest absolute Gasteiger partial charge is 0.231 e. The summed E-state index contributed by atoms with van der Waals surface area (Å²) in [5.41, 5.74) is 2.23. The summed E-state index contributed by atoms with van der Waals surface area (Å²) in [6.07, 6.45) is 0. The molecule has 1 N–H and O–H groups in total. The van der Waals surface area contributed by atoms with Crippen molar-refractivity contribution in [3.05, 3.63) is 39.3 Å². The number of benzene rings is 1. The van der Waals surface area contributed by atoms with E-state index in [2.05, 4.69) is 20.2 Å². The van der Waals surface area contributed by atoms with Gasteiger partial charge in [-0.25, -0.2) is 4.98 Å². The topological polar surface area (TPSA) is 59.0 Å². The fraction of sp³-hybridized carbons (Fsp3) is 0.412. The molecule has 2 heterocycles. The van der Waals surface area contributed by atoms with E-state index in [-0.39, 0.29) is 0 Å². The van der Waals surface area contributed by atoms with Crippen molar-refractivity contribution in [1.29, 1.82) is 0 Å². The maximum atomic E-state index is 5.44. The molecule has 0 saturated heterocycles. The molecule has 1 aromatic heterocycles. The molecule has 1 aliphatic rings. The van der Waals surface area contributed by atoms with Crippen molar-refractivity contribution in [3.63, 3.8) is 0 Å². The van der Waals surface area contributed by atoms with Gasteiger partial charge in [0.2, 0.25) is 6.79 Å². The number of aromatic nitrogens is 1. The number of fused-ring (bicyclic) bond motifs is 1. The van der Waals surface area contributed by atoms with Gasteiger partial charge in [0, 0.05) is 25.5 Å². The molecule has 6 nitrogen and oxygen atoms in total. The highest BCUT2D eigenvalue weighted by molar-refractivity contribution is 7.11. The van der Waals surface area contributed by atoms with Crippen LogP contribution in [0.25, 0.3) is 0 Å². The summed E-state index contributed by atoms with van der Waals surface area (Å²) in [4.78, 5) is 12.2. The van der Waals surface area contributed by atoms with E-state index in [0.29, 0.717) is 6.79 Å². The van der Waals surface area contributed by atoms with Gasteiger partial charge in [0.25, 0.3) is 0 Å². The molecule has 0 aliphatic carbocycles. The van der Waals surface area contributed by atoms with E-state index in [1.165, 1.54) is 4.88 Å². The third-order valence-electron chi connectivity index (χ3n) is 3.84. The van der Waals surface area contributed by atoms with Crippen molar-refractivity contribution in [1.82, 2.24) is 15.2 Å². The number of hydrogen-bond donors (Lipinski definition) is 1. The predicted octanol–water partition coefficient (Wildman–Crippen LogP) is 2.70. The van der Waals surface area contributed by atoms with E-state index in [9.17, 15) is 0 Å². The van der Waals surface area contributed by atoms with Crippen LogP contribution in [0.2, 0.25) is 0 Å². The lowest BCUT2D eigenvalue weighted by atomic mass is 10.2. The Balaban J connectivity index is 1.62. The summed E-state index contributed by atoms with van der Waals surface area (Å²) in [5.74, 6) is 2.46. The van der Waals surface area contributed by atoms with Crippen LogP contribution >= 0.6 is 11.3 Å². The first-order chi connectivity index (χ1) is 11.6. The first-order valence-corrected chi connectivity index (χ1v) is 8.61. The van der Waals surface area contributed by atoms with Gasteiger partial charge in [-0.1, -0.05) is 6.07 Å². The maximum absolute atomic E-state index is 5.44. The molecule has 128 valence electrons. The number of aryl methyl sites for hydroxylation is 2. The van der Waals surface area contributed by atoms with E-state index in [4.69, 9.17) is 9.47 Å². The molecule has 0 bridgehead atoms. The first kappa shape index (κ1) is 16.6. The van der Waals surface area contributed by atoms with Gasteiger partial charge in [0.05, 0.1) is 17.2 Å². The minimum Gasteiger partial charge on any atom is -0.454 e. The van der Waals surface area contributed by atoms with Crippen molar-refractivity contribution in [2.24, 2.45) is 4.99 Å². The molecule has 24 heavy (non-hydrogen) atoms. The van der Waals surface area contributed by atoms with Crippen LogP contribution in [-0.2, 0) is 13.1 Å². The number of hydrogen-bond acceptors (Lipinski definition) is 5. The number of nitrogens with one attached hydrogen (secondary N) is 1. The summed E-state index contributed by atoms with van der Waals surface area (Å²) in [6, 6.07) is 6.02. The summed E-state index contributed by atoms with van der Waals surface area (Å²) >= 11 is 1.72. The highest BCUT2D eigenvalue weighted by Crippen LogP contribution is 2.32. The van der Waals surface area contributed by atoms with Gasteiger partial charge in [-0.3, -0.25) is 4.99 Å². The molecule has 0 unspecified atom stereocenters. The van der Waals surface area contributed by atoms with Crippen LogP contribution in [0.1, 0.15) is 21.1 Å². The minimum absolute atomic E-state index is 0.297. The van der Waals surface area contributed by atoms with Crippen molar-refractivity contribution in [2.45, 2.75) is 26.9 Å². The largest absolute Gasteiger partial charge is 0.454 e. The van der Waals surface area contributed by atoms with Gasteiger partial charge in [-0.2, -0.15) is 0 Å². The van der Waals surface area contributed by atoms with Crippen LogP contribution in [0.5, 0.6) is 11.5 Å². The van der Waals surface area contributed by atoms with E-state index in [1.54, 1.807) is 18.4 Å². The Bertz CT molecular complexity index is 757. The standard InChI is InChI=1S/C17H22N4O2S/c1-11-16(24-12(2)20-11)8-19-17(18-3)21(4)9-13-5-6-14-15(7-13)23-10-22-14/h5-7H,8-10H2,1-4H3,(H,18,19). The number of ether oxygens (including phenoxy) is 2. The summed E-state index contributed by atoms with van der Waals surface area (Å²) in [7, 11) is 3.81. The van der Waals surface area contributed by atoms with Crippen LogP contribution in [-0.4, -0.2) is 36.7 Å². The van der Waals surface area contributed by atoms with Crippen molar-refractivity contribution < 1.29 is 9.47 Å². The van der Waals surface area contributed by atoms with Crippen LogP contribution in [0.15, 0.2) is 23.2 Å². The molecule has 7 heteroatoms. The molecular formula is C17H22N4O2S. The molecule has 2 aromatic rings. The lowest BCUT2D eigenvalue weighted by Gasteiger charge is -2.22. The highest BCUT2D eigenvalue weighted by atomic mass is 32.1. The van der Waals surface area contributed by atoms with Crippen LogP contribution in [0, 0.1) is 13.8 Å². The number of guanidine groups is 1. The van der Waals surface area contributed by atoms with E-state index >= 15 is 0 Å². The molecule has 0 amide bonds. The third-order valence-corrected chi connectivity index (χ3v) is 4.91. The Hall–Kier alpha value is -2.28. The molecule has 0 spiro atoms. The van der Waals surface area contributed by atoms with E-state index in [1.807, 2.05) is 39.1 Å². The van der Waals surface area contributed by atoms with E-state index < -0.39 is 0 Å². The van der Waals surface area contributed by atoms with Crippen molar-refractivity contribution >= 4 is 17.3 Å². The van der Waals surface area contributed by atoms with Crippen molar-refractivity contribution in [2.75, 3.05) is 20.9 Å². The second-order valence-electron chi connectivity index (χ2n) is 5.69. The van der Waals surface area contributed by atoms with Gasteiger partial charge in [0.15, 0.2) is 17.5 Å². The SMILES string of the molecule is CN=C(NCc1sc(C)nc1C)N(C)Cc1ccc2c(c1)OCO2. The Kier molecular flexibility index (Phi) is 4.89. The lowest BCUT2D eigenvalue weighted by molar-refractivity contribution is 0.174. The number of thiazole rings is 1. The Morgan fingerprint density at radius 3 is 2.83 bits per heavy atom. The zero-order chi connectivity index (χ0) is 17.1. The number of aliphatic imine (C=N–C) groups is 1. The average molecular weight is 346 g/mol. The molecule has 0 atom stereocenters. The monoisotopic (exact) mass is 346 g/mol. The molecule has 0 saturated carbocycles. The number of nitrogens with zero attached hydrogens (tertiary/aromatic N) is 3. The molecule has 1 aliphatic heterocycles. The van der Waals surface area contributed by atoms with Crippen molar-refractivity contribution in [3.8, 4) is 11.5 Å². The Labute approximate surface area is 146 Å². The quantitative estimate of drug-likeness (QED) is 0.681. The molecule has 3 rings (SSSR count). The average Bonchev–Trinajstić information content (AvgIpc) is 3.13. The predicted molar refractivity (Wildman–Crippen MR) is 95.8 cm³/mol. The van der Waals surface area contributed by atoms with Gasteiger partial charge in [-0.15, -0.1) is 11.3 Å². The molecule has 1 aromatic carbocycles. The zero-order valence-electron chi connectivity index (χ0n) is 14.4. The summed E-state index contributed by atoms with van der Waals surface area (Å²) < 4.78 is 10.8. The maximum Gasteiger partial charge on any atom is 0.231 e. The van der Waals surface area contributed by atoms with Crippen LogP contribution in [0.3, 0.4) is 0 Å². The zero-order valence-corrected chi connectivity index (χ0v) is 15.2. The highest BCUT2D eigenvalue weighted by Gasteiger charge is 2.15. The second-order valence-corrected chi connectivity index (χ2v) is 6.97. The third kappa shape index (κ3) is 3.62. The van der Waals surface area contributed by atoms with Gasteiger partial charge < -0.3 is 19.7 Å². The normalized spacial score (nSPS) is 13.2. The minimum atomic E-state index is 0.297. The first-order valence-electron chi connectivity index (χ1n) is 7.80. The van der Waals surface area contributed by atoms with Crippen LogP contribution < -0.4 is 14.8 Å². The van der Waals surface area contributed by atoms with Gasteiger partial charge >= 0.3 is 0 Å². The molecule has 0 radical (unpaired) electrons. The molecule has 0 fully saturated rings. The lowest BCUT2D eigenvalue weighted by Crippen LogP contribution is -2.38. The van der Waals surface area contributed by atoms with Gasteiger partial charge in [-0.05, 0) is 31.5 Å². The van der Waals surface area contributed by atoms with E-state index in [0.717, 1.165) is 46.8 Å². The Morgan fingerprint density at radius 2 is 2.12 bits per heavy atom. The Morgan fingerprint density at radius 1 is 1.33 bits per heavy atom. The molecular weight excluding hydrogens is 324 g/mol. The van der Waals surface area contributed by atoms with Crippen LogP contribution in [0.4, 0.5) is 0 Å². The summed E-state index contributed by atoms with van der Waals surface area (Å²) in [5, 5.41) is 4.49. The van der Waals surface area contributed by atoms with Gasteiger partial charge in [0.1, 0.15) is 0 Å². The number of rotatable bonds is 4.